The number of carboxylic acids is 1. The van der Waals surface area contributed by atoms with E-state index in [4.69, 9.17) is 21.1 Å². The van der Waals surface area contributed by atoms with Crippen molar-refractivity contribution >= 4 is 35.4 Å². The van der Waals surface area contributed by atoms with E-state index in [9.17, 15) is 24.3 Å². The molecule has 0 unspecified atom stereocenters. The first-order valence-electron chi connectivity index (χ1n) is 11.3. The molecule has 0 radical (unpaired) electrons. The quantitative estimate of drug-likeness (QED) is 0.490. The summed E-state index contributed by atoms with van der Waals surface area (Å²) in [7, 11) is 2.86. The first kappa shape index (κ1) is 26.8. The molecule has 1 saturated heterocycles. The molecular formula is C25H28ClN3O7. The molecular weight excluding hydrogens is 490 g/mol. The van der Waals surface area contributed by atoms with E-state index in [0.717, 1.165) is 4.90 Å². The second-order valence-electron chi connectivity index (χ2n) is 8.26. The Hall–Kier alpha value is -3.79. The van der Waals surface area contributed by atoms with E-state index >= 15 is 0 Å². The number of nitrogens with zero attached hydrogens (tertiary/aromatic N) is 1. The van der Waals surface area contributed by atoms with Gasteiger partial charge in [-0.05, 0) is 54.3 Å². The van der Waals surface area contributed by atoms with E-state index in [1.54, 1.807) is 24.3 Å². The third-order valence-corrected chi connectivity index (χ3v) is 6.22. The number of carbonyl (C=O) groups excluding carboxylic acids is 3. The summed E-state index contributed by atoms with van der Waals surface area (Å²) in [5.74, 6) is -2.14. The monoisotopic (exact) mass is 517 g/mol. The summed E-state index contributed by atoms with van der Waals surface area (Å²) in [5, 5.41) is 15.3. The van der Waals surface area contributed by atoms with Crippen LogP contribution in [0.3, 0.4) is 0 Å². The summed E-state index contributed by atoms with van der Waals surface area (Å²) >= 11 is 6.12. The summed E-state index contributed by atoms with van der Waals surface area (Å²) in [4.78, 5) is 51.2. The lowest BCUT2D eigenvalue weighted by molar-refractivity contribution is -0.133. The molecule has 1 fully saturated rings. The van der Waals surface area contributed by atoms with Crippen molar-refractivity contribution in [2.75, 3.05) is 27.3 Å². The van der Waals surface area contributed by atoms with Gasteiger partial charge >= 0.3 is 12.0 Å². The number of methoxy groups -OCH3 is 2. The molecule has 2 aromatic carbocycles. The van der Waals surface area contributed by atoms with Gasteiger partial charge in [0.25, 0.3) is 0 Å². The first-order valence-corrected chi connectivity index (χ1v) is 11.7. The number of rotatable bonds is 8. The van der Waals surface area contributed by atoms with Crippen LogP contribution in [0, 0.1) is 5.92 Å². The van der Waals surface area contributed by atoms with Gasteiger partial charge in [-0.1, -0.05) is 24.6 Å². The zero-order valence-electron chi connectivity index (χ0n) is 20.2. The second kappa shape index (κ2) is 11.8. The SMILES string of the molecule is CC[C@@H](NC(=O)N1CC(=O)NC[C@H](Cc2cc(Cl)ccc2OC)C1=O)c1ccc(C(=O)O)c(OC)c1. The van der Waals surface area contributed by atoms with Crippen molar-refractivity contribution in [2.45, 2.75) is 25.8 Å². The maximum atomic E-state index is 13.4. The Kier molecular flexibility index (Phi) is 8.76. The predicted octanol–water partition coefficient (Wildman–Crippen LogP) is 3.03. The van der Waals surface area contributed by atoms with Gasteiger partial charge in [0.05, 0.1) is 26.2 Å². The van der Waals surface area contributed by atoms with Crippen LogP contribution in [0.4, 0.5) is 4.79 Å². The second-order valence-corrected chi connectivity index (χ2v) is 8.70. The number of benzene rings is 2. The van der Waals surface area contributed by atoms with E-state index in [-0.39, 0.29) is 24.3 Å². The smallest absolute Gasteiger partial charge is 0.339 e. The number of aromatic carboxylic acids is 1. The summed E-state index contributed by atoms with van der Waals surface area (Å²) < 4.78 is 10.5. The van der Waals surface area contributed by atoms with Gasteiger partial charge < -0.3 is 25.2 Å². The van der Waals surface area contributed by atoms with Crippen LogP contribution >= 0.6 is 11.6 Å². The molecule has 0 aromatic heterocycles. The van der Waals surface area contributed by atoms with Crippen molar-refractivity contribution in [1.82, 2.24) is 15.5 Å². The number of urea groups is 1. The number of carboxylic acid groups (broad SMARTS) is 1. The third kappa shape index (κ3) is 6.06. The predicted molar refractivity (Wildman–Crippen MR) is 131 cm³/mol. The Morgan fingerprint density at radius 3 is 2.53 bits per heavy atom. The topological polar surface area (TPSA) is 134 Å². The highest BCUT2D eigenvalue weighted by Crippen LogP contribution is 2.28. The Morgan fingerprint density at radius 1 is 1.17 bits per heavy atom. The van der Waals surface area contributed by atoms with Crippen molar-refractivity contribution in [3.8, 4) is 11.5 Å². The van der Waals surface area contributed by atoms with Crippen LogP contribution in [0.2, 0.25) is 5.02 Å². The molecule has 2 aromatic rings. The fraction of sp³-hybridized carbons (Fsp3) is 0.360. The molecule has 1 aliphatic rings. The van der Waals surface area contributed by atoms with Crippen molar-refractivity contribution in [2.24, 2.45) is 5.92 Å². The van der Waals surface area contributed by atoms with Crippen LogP contribution in [0.15, 0.2) is 36.4 Å². The van der Waals surface area contributed by atoms with Crippen molar-refractivity contribution in [1.29, 1.82) is 0 Å². The average Bonchev–Trinajstić information content (AvgIpc) is 3.00. The third-order valence-electron chi connectivity index (χ3n) is 5.98. The maximum Gasteiger partial charge on any atom is 0.339 e. The Bertz CT molecular complexity index is 1170. The molecule has 0 bridgehead atoms. The summed E-state index contributed by atoms with van der Waals surface area (Å²) in [6, 6.07) is 8.26. The van der Waals surface area contributed by atoms with Gasteiger partial charge in [0.15, 0.2) is 0 Å². The van der Waals surface area contributed by atoms with Gasteiger partial charge in [-0.25, -0.2) is 9.59 Å². The average molecular weight is 518 g/mol. The molecule has 11 heteroatoms. The molecule has 0 spiro atoms. The summed E-state index contributed by atoms with van der Waals surface area (Å²) in [6.07, 6.45) is 0.649. The fourth-order valence-electron chi connectivity index (χ4n) is 4.07. The van der Waals surface area contributed by atoms with Gasteiger partial charge in [0.1, 0.15) is 23.6 Å². The highest BCUT2D eigenvalue weighted by atomic mass is 35.5. The van der Waals surface area contributed by atoms with E-state index < -0.39 is 42.3 Å². The molecule has 10 nitrogen and oxygen atoms in total. The minimum absolute atomic E-state index is 0.0129. The van der Waals surface area contributed by atoms with Gasteiger partial charge in [0, 0.05) is 11.6 Å². The lowest BCUT2D eigenvalue weighted by Crippen LogP contribution is -2.48. The number of imide groups is 1. The molecule has 3 N–H and O–H groups in total. The first-order chi connectivity index (χ1) is 17.2. The number of nitrogens with one attached hydrogen (secondary N) is 2. The minimum Gasteiger partial charge on any atom is -0.496 e. The molecule has 4 amide bonds. The largest absolute Gasteiger partial charge is 0.496 e. The van der Waals surface area contributed by atoms with Gasteiger partial charge in [-0.3, -0.25) is 14.5 Å². The molecule has 2 atom stereocenters. The van der Waals surface area contributed by atoms with Crippen molar-refractivity contribution in [3.05, 3.63) is 58.1 Å². The molecule has 1 heterocycles. The molecule has 192 valence electrons. The van der Waals surface area contributed by atoms with E-state index in [2.05, 4.69) is 10.6 Å². The minimum atomic E-state index is -1.14. The summed E-state index contributed by atoms with van der Waals surface area (Å²) in [6.45, 7) is 1.46. The Morgan fingerprint density at radius 2 is 1.89 bits per heavy atom. The van der Waals surface area contributed by atoms with E-state index in [1.807, 2.05) is 6.92 Å². The molecule has 3 rings (SSSR count). The van der Waals surface area contributed by atoms with Crippen LogP contribution in [0.5, 0.6) is 11.5 Å². The highest BCUT2D eigenvalue weighted by molar-refractivity contribution is 6.30. The number of halogens is 1. The van der Waals surface area contributed by atoms with Crippen LogP contribution in [0.1, 0.15) is 40.9 Å². The molecule has 0 saturated carbocycles. The molecule has 36 heavy (non-hydrogen) atoms. The maximum absolute atomic E-state index is 13.4. The summed E-state index contributed by atoms with van der Waals surface area (Å²) in [5.41, 5.74) is 1.26. The van der Waals surface area contributed by atoms with E-state index in [0.29, 0.717) is 28.3 Å². The van der Waals surface area contributed by atoms with Crippen LogP contribution in [-0.4, -0.2) is 61.1 Å². The number of carbonyl (C=O) groups is 4. The molecule has 0 aliphatic carbocycles. The Labute approximate surface area is 213 Å². The number of amides is 4. The van der Waals surface area contributed by atoms with Gasteiger partial charge in [-0.2, -0.15) is 0 Å². The normalized spacial score (nSPS) is 16.6. The standard InChI is InChI=1S/C25H28ClN3O7/c1-4-19(14-5-7-18(24(32)33)21(11-14)36-3)28-25(34)29-13-22(30)27-12-16(23(29)31)9-15-10-17(26)6-8-20(15)35-2/h5-8,10-11,16,19H,4,9,12-13H2,1-3H3,(H,27,30)(H,28,34)(H,32,33)/t16-,19+/m0/s1. The molecule has 1 aliphatic heterocycles. The zero-order valence-corrected chi connectivity index (χ0v) is 20.9. The number of hydrogen-bond donors (Lipinski definition) is 3. The zero-order chi connectivity index (χ0) is 26.4. The lowest BCUT2D eigenvalue weighted by atomic mass is 9.97. The van der Waals surface area contributed by atoms with E-state index in [1.165, 1.54) is 26.4 Å². The number of ether oxygens (including phenoxy) is 2. The van der Waals surface area contributed by atoms with Crippen LogP contribution in [0.25, 0.3) is 0 Å². The number of hydrogen-bond acceptors (Lipinski definition) is 6. The van der Waals surface area contributed by atoms with Crippen molar-refractivity contribution < 1.29 is 33.8 Å². The van der Waals surface area contributed by atoms with Gasteiger partial charge in [-0.15, -0.1) is 0 Å². The lowest BCUT2D eigenvalue weighted by Gasteiger charge is -2.26. The van der Waals surface area contributed by atoms with Crippen molar-refractivity contribution in [3.63, 3.8) is 0 Å². The van der Waals surface area contributed by atoms with Gasteiger partial charge in [0.2, 0.25) is 11.8 Å². The fourth-order valence-corrected chi connectivity index (χ4v) is 4.27. The highest BCUT2D eigenvalue weighted by Gasteiger charge is 2.35. The Balaban J connectivity index is 1.82. The van der Waals surface area contributed by atoms with Crippen LogP contribution < -0.4 is 20.1 Å². The van der Waals surface area contributed by atoms with Crippen LogP contribution in [-0.2, 0) is 16.0 Å².